The fourth-order valence-corrected chi connectivity index (χ4v) is 3.24. The second-order valence-corrected chi connectivity index (χ2v) is 7.68. The van der Waals surface area contributed by atoms with Gasteiger partial charge in [-0.05, 0) is 32.1 Å². The maximum Gasteiger partial charge on any atom is 0.326 e. The van der Waals surface area contributed by atoms with Gasteiger partial charge in [-0.25, -0.2) is 4.79 Å². The van der Waals surface area contributed by atoms with E-state index >= 15 is 0 Å². The molecule has 5 unspecified atom stereocenters. The number of nitrogens with one attached hydrogen (secondary N) is 2. The van der Waals surface area contributed by atoms with Gasteiger partial charge in [-0.15, -0.1) is 0 Å². The van der Waals surface area contributed by atoms with E-state index in [1.54, 1.807) is 0 Å². The minimum Gasteiger partial charge on any atom is -0.481 e. The molecule has 1 rings (SSSR count). The van der Waals surface area contributed by atoms with Crippen molar-refractivity contribution in [1.82, 2.24) is 15.5 Å². The number of amides is 3. The highest BCUT2D eigenvalue weighted by atomic mass is 16.4. The first-order valence-corrected chi connectivity index (χ1v) is 10.1. The lowest BCUT2D eigenvalue weighted by molar-refractivity contribution is -0.146. The lowest BCUT2D eigenvalue weighted by Gasteiger charge is -2.32. The van der Waals surface area contributed by atoms with Gasteiger partial charge in [-0.2, -0.15) is 0 Å². The summed E-state index contributed by atoms with van der Waals surface area (Å²) in [6.45, 7) is 5.48. The Labute approximate surface area is 175 Å². The molecule has 1 fully saturated rings. The highest BCUT2D eigenvalue weighted by Gasteiger charge is 2.40. The number of nitrogens with two attached hydrogens (primary N) is 1. The summed E-state index contributed by atoms with van der Waals surface area (Å²) in [7, 11) is 0. The number of aliphatic carboxylic acids is 2. The van der Waals surface area contributed by atoms with Crippen molar-refractivity contribution < 1.29 is 34.2 Å². The molecule has 11 heteroatoms. The van der Waals surface area contributed by atoms with Crippen molar-refractivity contribution in [2.24, 2.45) is 11.7 Å². The average molecular weight is 428 g/mol. The second kappa shape index (κ2) is 11.5. The molecule has 6 N–H and O–H groups in total. The number of carbonyl (C=O) groups excluding carboxylic acids is 3. The van der Waals surface area contributed by atoms with E-state index in [0.29, 0.717) is 25.8 Å². The van der Waals surface area contributed by atoms with Crippen LogP contribution in [0.5, 0.6) is 0 Å². The topological polar surface area (TPSA) is 179 Å². The van der Waals surface area contributed by atoms with Crippen molar-refractivity contribution in [1.29, 1.82) is 0 Å². The molecule has 0 saturated carbocycles. The highest BCUT2D eigenvalue weighted by Crippen LogP contribution is 2.22. The molecule has 3 amide bonds. The SMILES string of the molecule is CCC(C)C(NC(=O)C(C)N)C(=O)N1CCCC1C(=O)NC(CCC(=O)O)C(=O)O. The number of rotatable bonds is 11. The van der Waals surface area contributed by atoms with Gasteiger partial charge in [-0.3, -0.25) is 19.2 Å². The van der Waals surface area contributed by atoms with Gasteiger partial charge in [0.2, 0.25) is 17.7 Å². The maximum absolute atomic E-state index is 13.1. The fraction of sp³-hybridized carbons (Fsp3) is 0.737. The highest BCUT2D eigenvalue weighted by molar-refractivity contribution is 5.94. The van der Waals surface area contributed by atoms with Crippen LogP contribution in [-0.2, 0) is 24.0 Å². The van der Waals surface area contributed by atoms with Crippen LogP contribution in [0.2, 0.25) is 0 Å². The molecule has 0 aliphatic carbocycles. The van der Waals surface area contributed by atoms with Crippen LogP contribution >= 0.6 is 0 Å². The van der Waals surface area contributed by atoms with Gasteiger partial charge in [0.05, 0.1) is 6.04 Å². The molecule has 0 aromatic heterocycles. The smallest absolute Gasteiger partial charge is 0.326 e. The summed E-state index contributed by atoms with van der Waals surface area (Å²) >= 11 is 0. The fourth-order valence-electron chi connectivity index (χ4n) is 3.24. The monoisotopic (exact) mass is 428 g/mol. The molecule has 170 valence electrons. The van der Waals surface area contributed by atoms with Crippen LogP contribution in [0.1, 0.15) is 52.9 Å². The van der Waals surface area contributed by atoms with E-state index in [0.717, 1.165) is 0 Å². The molecule has 0 aromatic carbocycles. The van der Waals surface area contributed by atoms with E-state index in [4.69, 9.17) is 10.8 Å². The average Bonchev–Trinajstić information content (AvgIpc) is 3.17. The van der Waals surface area contributed by atoms with Crippen molar-refractivity contribution in [3.05, 3.63) is 0 Å². The molecule has 11 nitrogen and oxygen atoms in total. The zero-order valence-electron chi connectivity index (χ0n) is 17.6. The van der Waals surface area contributed by atoms with E-state index in [9.17, 15) is 29.1 Å². The quantitative estimate of drug-likeness (QED) is 0.286. The number of carboxylic acid groups (broad SMARTS) is 2. The summed E-state index contributed by atoms with van der Waals surface area (Å²) in [6.07, 6.45) is 0.819. The standard InChI is InChI=1S/C19H32N4O7/c1-4-10(2)15(22-16(26)11(3)20)18(28)23-9-5-6-13(23)17(27)21-12(19(29)30)7-8-14(24)25/h10-13,15H,4-9,20H2,1-3H3,(H,21,27)(H,22,26)(H,24,25)(H,29,30). The molecular weight excluding hydrogens is 396 g/mol. The Morgan fingerprint density at radius 3 is 2.27 bits per heavy atom. The van der Waals surface area contributed by atoms with Crippen molar-refractivity contribution >= 4 is 29.7 Å². The van der Waals surface area contributed by atoms with Crippen LogP contribution in [0.3, 0.4) is 0 Å². The van der Waals surface area contributed by atoms with Gasteiger partial charge in [0, 0.05) is 13.0 Å². The molecule has 0 radical (unpaired) electrons. The Balaban J connectivity index is 2.94. The number of nitrogens with zero attached hydrogens (tertiary/aromatic N) is 1. The molecule has 30 heavy (non-hydrogen) atoms. The van der Waals surface area contributed by atoms with E-state index < -0.39 is 60.2 Å². The predicted octanol–water partition coefficient (Wildman–Crippen LogP) is -0.710. The minimum atomic E-state index is -1.37. The van der Waals surface area contributed by atoms with Crippen molar-refractivity contribution in [3.63, 3.8) is 0 Å². The van der Waals surface area contributed by atoms with Crippen molar-refractivity contribution in [3.8, 4) is 0 Å². The van der Waals surface area contributed by atoms with Gasteiger partial charge in [0.25, 0.3) is 0 Å². The zero-order valence-corrected chi connectivity index (χ0v) is 17.6. The van der Waals surface area contributed by atoms with Crippen molar-refractivity contribution in [2.45, 2.75) is 77.0 Å². The summed E-state index contributed by atoms with van der Waals surface area (Å²) in [6, 6.07) is -3.91. The predicted molar refractivity (Wildman–Crippen MR) is 106 cm³/mol. The molecule has 0 aromatic rings. The Kier molecular flexibility index (Phi) is 9.70. The van der Waals surface area contributed by atoms with Crippen LogP contribution in [0.25, 0.3) is 0 Å². The van der Waals surface area contributed by atoms with Crippen LogP contribution in [0.15, 0.2) is 0 Å². The molecule has 5 atom stereocenters. The maximum atomic E-state index is 13.1. The molecule has 1 aliphatic rings. The Morgan fingerprint density at radius 1 is 1.13 bits per heavy atom. The second-order valence-electron chi connectivity index (χ2n) is 7.68. The minimum absolute atomic E-state index is 0.202. The van der Waals surface area contributed by atoms with Gasteiger partial charge >= 0.3 is 11.9 Å². The summed E-state index contributed by atoms with van der Waals surface area (Å²) in [5.41, 5.74) is 5.59. The lowest BCUT2D eigenvalue weighted by atomic mass is 9.97. The first kappa shape index (κ1) is 25.3. The van der Waals surface area contributed by atoms with Crippen LogP contribution in [0.4, 0.5) is 0 Å². The third-order valence-electron chi connectivity index (χ3n) is 5.29. The first-order chi connectivity index (χ1) is 14.0. The van der Waals surface area contributed by atoms with Crippen molar-refractivity contribution in [2.75, 3.05) is 6.54 Å². The molecular formula is C19H32N4O7. The Bertz CT molecular complexity index is 667. The molecule has 0 spiro atoms. The molecule has 0 bridgehead atoms. The van der Waals surface area contributed by atoms with E-state index in [2.05, 4.69) is 10.6 Å². The van der Waals surface area contributed by atoms with E-state index in [1.165, 1.54) is 11.8 Å². The normalized spacial score (nSPS) is 20.0. The number of hydrogen-bond acceptors (Lipinski definition) is 6. The van der Waals surface area contributed by atoms with Gasteiger partial charge in [-0.1, -0.05) is 20.3 Å². The third-order valence-corrected chi connectivity index (χ3v) is 5.29. The Hall–Kier alpha value is -2.69. The summed E-state index contributed by atoms with van der Waals surface area (Å²) < 4.78 is 0. The van der Waals surface area contributed by atoms with Crippen LogP contribution < -0.4 is 16.4 Å². The first-order valence-electron chi connectivity index (χ1n) is 10.1. The number of carbonyl (C=O) groups is 5. The van der Waals surface area contributed by atoms with Gasteiger partial charge in [0.1, 0.15) is 18.1 Å². The summed E-state index contributed by atoms with van der Waals surface area (Å²) in [5.74, 6) is -4.27. The molecule has 1 aliphatic heterocycles. The van der Waals surface area contributed by atoms with Crippen LogP contribution in [-0.4, -0.2) is 75.5 Å². The van der Waals surface area contributed by atoms with Crippen LogP contribution in [0, 0.1) is 5.92 Å². The lowest BCUT2D eigenvalue weighted by Crippen LogP contribution is -2.58. The van der Waals surface area contributed by atoms with E-state index in [1.807, 2.05) is 13.8 Å². The molecule has 1 saturated heterocycles. The van der Waals surface area contributed by atoms with Gasteiger partial charge in [0.15, 0.2) is 0 Å². The number of hydrogen-bond donors (Lipinski definition) is 5. The summed E-state index contributed by atoms with van der Waals surface area (Å²) in [4.78, 5) is 61.3. The largest absolute Gasteiger partial charge is 0.481 e. The van der Waals surface area contributed by atoms with E-state index in [-0.39, 0.29) is 12.3 Å². The van der Waals surface area contributed by atoms with Gasteiger partial charge < -0.3 is 31.5 Å². The Morgan fingerprint density at radius 2 is 1.77 bits per heavy atom. The zero-order chi connectivity index (χ0) is 23.0. The number of carboxylic acids is 2. The number of likely N-dealkylation sites (tertiary alicyclic amines) is 1. The third kappa shape index (κ3) is 6.97. The summed E-state index contributed by atoms with van der Waals surface area (Å²) in [5, 5.41) is 23.0. The molecule has 1 heterocycles.